The highest BCUT2D eigenvalue weighted by Crippen LogP contribution is 2.24. The van der Waals surface area contributed by atoms with Gasteiger partial charge in [0.1, 0.15) is 5.82 Å². The molecular formula is C13H14BrClFN3. The first-order chi connectivity index (χ1) is 9.02. The zero-order valence-electron chi connectivity index (χ0n) is 10.7. The van der Waals surface area contributed by atoms with E-state index in [1.807, 2.05) is 18.5 Å². The van der Waals surface area contributed by atoms with E-state index in [1.54, 1.807) is 12.1 Å². The number of hydrogen-bond acceptors (Lipinski definition) is 2. The summed E-state index contributed by atoms with van der Waals surface area (Å²) in [4.78, 5) is 0. The Balaban J connectivity index is 2.21. The Hall–Kier alpha value is -1.07. The Morgan fingerprint density at radius 2 is 2.21 bits per heavy atom. The first-order valence-corrected chi connectivity index (χ1v) is 7.10. The monoisotopic (exact) mass is 345 g/mol. The van der Waals surface area contributed by atoms with Crippen LogP contribution >= 0.6 is 27.5 Å². The van der Waals surface area contributed by atoms with E-state index in [1.165, 1.54) is 6.07 Å². The SMILES string of the molecule is CCn1nc(C)c(Cl)c1CNc1cc(Br)ccc1F. The van der Waals surface area contributed by atoms with Crippen molar-refractivity contribution in [2.75, 3.05) is 5.32 Å². The van der Waals surface area contributed by atoms with Gasteiger partial charge in [0, 0.05) is 11.0 Å². The predicted octanol–water partition coefficient (Wildman–Crippen LogP) is 4.38. The van der Waals surface area contributed by atoms with E-state index in [0.29, 0.717) is 17.3 Å². The lowest BCUT2D eigenvalue weighted by Gasteiger charge is -2.10. The molecule has 0 unspecified atom stereocenters. The van der Waals surface area contributed by atoms with Gasteiger partial charge in [0.15, 0.2) is 0 Å². The highest BCUT2D eigenvalue weighted by atomic mass is 79.9. The van der Waals surface area contributed by atoms with Crippen LogP contribution in [0.1, 0.15) is 18.3 Å². The van der Waals surface area contributed by atoms with Crippen LogP contribution in [0.5, 0.6) is 0 Å². The molecular weight excluding hydrogens is 333 g/mol. The minimum Gasteiger partial charge on any atom is -0.377 e. The smallest absolute Gasteiger partial charge is 0.146 e. The molecule has 0 saturated carbocycles. The average molecular weight is 347 g/mol. The number of nitrogens with zero attached hydrogens (tertiary/aromatic N) is 2. The maximum Gasteiger partial charge on any atom is 0.146 e. The van der Waals surface area contributed by atoms with Gasteiger partial charge in [0.2, 0.25) is 0 Å². The summed E-state index contributed by atoms with van der Waals surface area (Å²) in [6.07, 6.45) is 0. The molecule has 1 aromatic carbocycles. The number of anilines is 1. The number of hydrogen-bond donors (Lipinski definition) is 1. The van der Waals surface area contributed by atoms with Gasteiger partial charge in [-0.05, 0) is 32.0 Å². The summed E-state index contributed by atoms with van der Waals surface area (Å²) in [7, 11) is 0. The average Bonchev–Trinajstić information content (AvgIpc) is 2.66. The van der Waals surface area contributed by atoms with Crippen molar-refractivity contribution in [1.82, 2.24) is 9.78 Å². The van der Waals surface area contributed by atoms with E-state index in [0.717, 1.165) is 22.4 Å². The molecule has 0 saturated heterocycles. The number of aryl methyl sites for hydroxylation is 2. The van der Waals surface area contributed by atoms with Gasteiger partial charge in [0.25, 0.3) is 0 Å². The molecule has 0 amide bonds. The van der Waals surface area contributed by atoms with Gasteiger partial charge in [-0.25, -0.2) is 4.39 Å². The minimum absolute atomic E-state index is 0.293. The van der Waals surface area contributed by atoms with Crippen molar-refractivity contribution < 1.29 is 4.39 Å². The van der Waals surface area contributed by atoms with Gasteiger partial charge in [-0.1, -0.05) is 27.5 Å². The first kappa shape index (κ1) is 14.3. The minimum atomic E-state index is -0.293. The lowest BCUT2D eigenvalue weighted by Crippen LogP contribution is -2.09. The number of aromatic nitrogens is 2. The molecule has 2 aromatic rings. The Labute approximate surface area is 124 Å². The summed E-state index contributed by atoms with van der Waals surface area (Å²) in [6, 6.07) is 4.77. The number of nitrogens with one attached hydrogen (secondary N) is 1. The summed E-state index contributed by atoms with van der Waals surface area (Å²) in [5.74, 6) is -0.293. The molecule has 1 aromatic heterocycles. The van der Waals surface area contributed by atoms with Gasteiger partial charge in [-0.15, -0.1) is 0 Å². The molecule has 6 heteroatoms. The molecule has 0 atom stereocenters. The van der Waals surface area contributed by atoms with Crippen LogP contribution in [0, 0.1) is 12.7 Å². The molecule has 0 aliphatic carbocycles. The van der Waals surface area contributed by atoms with E-state index in [4.69, 9.17) is 11.6 Å². The molecule has 0 spiro atoms. The molecule has 102 valence electrons. The van der Waals surface area contributed by atoms with Crippen molar-refractivity contribution in [3.05, 3.63) is 44.9 Å². The molecule has 19 heavy (non-hydrogen) atoms. The highest BCUT2D eigenvalue weighted by molar-refractivity contribution is 9.10. The van der Waals surface area contributed by atoms with Crippen LogP contribution in [0.4, 0.5) is 10.1 Å². The fourth-order valence-electron chi connectivity index (χ4n) is 1.85. The van der Waals surface area contributed by atoms with Crippen molar-refractivity contribution >= 4 is 33.2 Å². The molecule has 0 aliphatic rings. The highest BCUT2D eigenvalue weighted by Gasteiger charge is 2.12. The molecule has 2 rings (SSSR count). The first-order valence-electron chi connectivity index (χ1n) is 5.93. The summed E-state index contributed by atoms with van der Waals surface area (Å²) >= 11 is 9.52. The summed E-state index contributed by atoms with van der Waals surface area (Å²) in [6.45, 7) is 5.01. The van der Waals surface area contributed by atoms with E-state index in [2.05, 4.69) is 26.3 Å². The van der Waals surface area contributed by atoms with Crippen molar-refractivity contribution in [3.63, 3.8) is 0 Å². The topological polar surface area (TPSA) is 29.9 Å². The van der Waals surface area contributed by atoms with Gasteiger partial charge in [-0.3, -0.25) is 4.68 Å². The Kier molecular flexibility index (Phi) is 4.47. The Bertz CT molecular complexity index is 598. The third kappa shape index (κ3) is 3.09. The van der Waals surface area contributed by atoms with Crippen LogP contribution in [0.2, 0.25) is 5.02 Å². The third-order valence-electron chi connectivity index (χ3n) is 2.83. The maximum absolute atomic E-state index is 13.6. The van der Waals surface area contributed by atoms with Crippen LogP contribution in [-0.2, 0) is 13.1 Å². The van der Waals surface area contributed by atoms with Gasteiger partial charge >= 0.3 is 0 Å². The van der Waals surface area contributed by atoms with E-state index < -0.39 is 0 Å². The molecule has 3 nitrogen and oxygen atoms in total. The molecule has 1 N–H and O–H groups in total. The van der Waals surface area contributed by atoms with E-state index in [-0.39, 0.29) is 5.82 Å². The number of benzene rings is 1. The number of rotatable bonds is 4. The van der Waals surface area contributed by atoms with Crippen molar-refractivity contribution in [2.24, 2.45) is 0 Å². The van der Waals surface area contributed by atoms with Crippen LogP contribution < -0.4 is 5.32 Å². The largest absolute Gasteiger partial charge is 0.377 e. The molecule has 0 aliphatic heterocycles. The third-order valence-corrected chi connectivity index (χ3v) is 3.81. The molecule has 0 radical (unpaired) electrons. The van der Waals surface area contributed by atoms with E-state index in [9.17, 15) is 4.39 Å². The standard InChI is InChI=1S/C13H14BrClFN3/c1-3-19-12(13(15)8(2)18-19)7-17-11-6-9(14)4-5-10(11)16/h4-6,17H,3,7H2,1-2H3. The summed E-state index contributed by atoms with van der Waals surface area (Å²) in [5.41, 5.74) is 2.09. The van der Waals surface area contributed by atoms with Crippen molar-refractivity contribution in [2.45, 2.75) is 26.9 Å². The van der Waals surface area contributed by atoms with E-state index >= 15 is 0 Å². The summed E-state index contributed by atoms with van der Waals surface area (Å²) in [5, 5.41) is 8.00. The van der Waals surface area contributed by atoms with Crippen LogP contribution in [0.25, 0.3) is 0 Å². The Morgan fingerprint density at radius 3 is 2.89 bits per heavy atom. The van der Waals surface area contributed by atoms with Gasteiger partial charge < -0.3 is 5.32 Å². The lowest BCUT2D eigenvalue weighted by molar-refractivity contribution is 0.616. The van der Waals surface area contributed by atoms with Crippen molar-refractivity contribution in [3.8, 4) is 0 Å². The fraction of sp³-hybridized carbons (Fsp3) is 0.308. The fourth-order valence-corrected chi connectivity index (χ4v) is 2.41. The summed E-state index contributed by atoms with van der Waals surface area (Å²) < 4.78 is 16.3. The van der Waals surface area contributed by atoms with Crippen LogP contribution in [0.3, 0.4) is 0 Å². The number of halogens is 3. The molecule has 0 bridgehead atoms. The Morgan fingerprint density at radius 1 is 1.47 bits per heavy atom. The second-order valence-electron chi connectivity index (χ2n) is 4.14. The zero-order valence-corrected chi connectivity index (χ0v) is 13.0. The second kappa shape index (κ2) is 5.92. The quantitative estimate of drug-likeness (QED) is 0.890. The lowest BCUT2D eigenvalue weighted by atomic mass is 10.3. The molecule has 0 fully saturated rings. The van der Waals surface area contributed by atoms with Crippen LogP contribution in [-0.4, -0.2) is 9.78 Å². The molecule has 1 heterocycles. The second-order valence-corrected chi connectivity index (χ2v) is 5.43. The van der Waals surface area contributed by atoms with Crippen LogP contribution in [0.15, 0.2) is 22.7 Å². The zero-order chi connectivity index (χ0) is 14.0. The van der Waals surface area contributed by atoms with Gasteiger partial charge in [-0.2, -0.15) is 5.10 Å². The van der Waals surface area contributed by atoms with Crippen molar-refractivity contribution in [1.29, 1.82) is 0 Å². The normalized spacial score (nSPS) is 10.8. The maximum atomic E-state index is 13.6. The van der Waals surface area contributed by atoms with Gasteiger partial charge in [0.05, 0.1) is 28.6 Å². The predicted molar refractivity (Wildman–Crippen MR) is 79.1 cm³/mol.